The number of fused-ring (bicyclic) bond motifs is 1. The Bertz CT molecular complexity index is 564. The highest BCUT2D eigenvalue weighted by Crippen LogP contribution is 2.29. The first-order valence-electron chi connectivity index (χ1n) is 6.76. The van der Waals surface area contributed by atoms with Crippen LogP contribution in [0.3, 0.4) is 0 Å². The third kappa shape index (κ3) is 2.05. The SMILES string of the molecule is CNCCCc1c(C)c2ccc(C)c(C)c2n1C. The van der Waals surface area contributed by atoms with E-state index in [0.717, 1.165) is 13.0 Å². The van der Waals surface area contributed by atoms with Crippen LogP contribution in [0.1, 0.15) is 28.8 Å². The lowest BCUT2D eigenvalue weighted by Crippen LogP contribution is -2.10. The maximum absolute atomic E-state index is 3.22. The zero-order chi connectivity index (χ0) is 13.3. The summed E-state index contributed by atoms with van der Waals surface area (Å²) in [4.78, 5) is 0. The summed E-state index contributed by atoms with van der Waals surface area (Å²) in [6.45, 7) is 7.76. The van der Waals surface area contributed by atoms with E-state index in [0.29, 0.717) is 0 Å². The van der Waals surface area contributed by atoms with Crippen molar-refractivity contribution in [3.8, 4) is 0 Å². The summed E-state index contributed by atoms with van der Waals surface area (Å²) in [5.41, 5.74) is 7.13. The molecule has 0 aliphatic carbocycles. The predicted molar refractivity (Wildman–Crippen MR) is 79.4 cm³/mol. The summed E-state index contributed by atoms with van der Waals surface area (Å²) in [5, 5.41) is 4.64. The molecule has 0 fully saturated rings. The number of nitrogens with zero attached hydrogens (tertiary/aromatic N) is 1. The quantitative estimate of drug-likeness (QED) is 0.817. The highest BCUT2D eigenvalue weighted by Gasteiger charge is 2.13. The van der Waals surface area contributed by atoms with E-state index in [1.807, 2.05) is 7.05 Å². The van der Waals surface area contributed by atoms with Crippen molar-refractivity contribution in [2.24, 2.45) is 7.05 Å². The van der Waals surface area contributed by atoms with E-state index in [9.17, 15) is 0 Å². The second kappa shape index (κ2) is 5.15. The van der Waals surface area contributed by atoms with Gasteiger partial charge in [-0.25, -0.2) is 0 Å². The number of hydrogen-bond acceptors (Lipinski definition) is 1. The van der Waals surface area contributed by atoms with Gasteiger partial charge in [0.2, 0.25) is 0 Å². The minimum atomic E-state index is 1.08. The van der Waals surface area contributed by atoms with Crippen LogP contribution in [-0.4, -0.2) is 18.2 Å². The Hall–Kier alpha value is -1.28. The normalized spacial score (nSPS) is 11.4. The van der Waals surface area contributed by atoms with Crippen LogP contribution in [0.25, 0.3) is 10.9 Å². The molecule has 2 nitrogen and oxygen atoms in total. The molecule has 0 radical (unpaired) electrons. The Balaban J connectivity index is 2.52. The van der Waals surface area contributed by atoms with Gasteiger partial charge in [-0.2, -0.15) is 0 Å². The molecule has 2 heteroatoms. The van der Waals surface area contributed by atoms with Crippen molar-refractivity contribution in [3.05, 3.63) is 34.5 Å². The fourth-order valence-corrected chi connectivity index (χ4v) is 2.87. The van der Waals surface area contributed by atoms with Crippen molar-refractivity contribution in [3.63, 3.8) is 0 Å². The molecule has 0 aliphatic heterocycles. The molecule has 0 spiro atoms. The smallest absolute Gasteiger partial charge is 0.0515 e. The molecule has 2 aromatic rings. The van der Waals surface area contributed by atoms with Crippen molar-refractivity contribution in [1.82, 2.24) is 9.88 Å². The maximum Gasteiger partial charge on any atom is 0.0515 e. The molecule has 18 heavy (non-hydrogen) atoms. The molecule has 1 aromatic heterocycles. The lowest BCUT2D eigenvalue weighted by Gasteiger charge is -2.07. The van der Waals surface area contributed by atoms with Crippen LogP contribution in [0, 0.1) is 20.8 Å². The van der Waals surface area contributed by atoms with Crippen LogP contribution < -0.4 is 5.32 Å². The number of aromatic nitrogens is 1. The monoisotopic (exact) mass is 244 g/mol. The van der Waals surface area contributed by atoms with E-state index < -0.39 is 0 Å². The Morgan fingerprint density at radius 2 is 1.83 bits per heavy atom. The van der Waals surface area contributed by atoms with E-state index in [4.69, 9.17) is 0 Å². The van der Waals surface area contributed by atoms with Crippen molar-refractivity contribution in [2.45, 2.75) is 33.6 Å². The maximum atomic E-state index is 3.22. The van der Waals surface area contributed by atoms with Gasteiger partial charge in [-0.1, -0.05) is 12.1 Å². The zero-order valence-corrected chi connectivity index (χ0v) is 12.2. The molecule has 1 heterocycles. The average molecular weight is 244 g/mol. The van der Waals surface area contributed by atoms with Gasteiger partial charge in [0.15, 0.2) is 0 Å². The molecular weight excluding hydrogens is 220 g/mol. The topological polar surface area (TPSA) is 17.0 Å². The fourth-order valence-electron chi connectivity index (χ4n) is 2.87. The van der Waals surface area contributed by atoms with Gasteiger partial charge in [-0.3, -0.25) is 0 Å². The first-order valence-corrected chi connectivity index (χ1v) is 6.76. The average Bonchev–Trinajstić information content (AvgIpc) is 2.59. The van der Waals surface area contributed by atoms with E-state index in [1.54, 1.807) is 0 Å². The number of nitrogens with one attached hydrogen (secondary N) is 1. The van der Waals surface area contributed by atoms with E-state index >= 15 is 0 Å². The molecule has 0 saturated heterocycles. The Kier molecular flexibility index (Phi) is 3.76. The van der Waals surface area contributed by atoms with E-state index in [1.165, 1.54) is 39.7 Å². The lowest BCUT2D eigenvalue weighted by molar-refractivity contribution is 0.695. The van der Waals surface area contributed by atoms with Crippen molar-refractivity contribution >= 4 is 10.9 Å². The summed E-state index contributed by atoms with van der Waals surface area (Å²) < 4.78 is 2.39. The molecule has 0 bridgehead atoms. The first kappa shape index (κ1) is 13.2. The van der Waals surface area contributed by atoms with Gasteiger partial charge < -0.3 is 9.88 Å². The van der Waals surface area contributed by atoms with E-state index in [-0.39, 0.29) is 0 Å². The Morgan fingerprint density at radius 1 is 1.11 bits per heavy atom. The van der Waals surface area contributed by atoms with Gasteiger partial charge >= 0.3 is 0 Å². The summed E-state index contributed by atoms with van der Waals surface area (Å²) in [6.07, 6.45) is 2.34. The number of rotatable bonds is 4. The number of aryl methyl sites for hydroxylation is 4. The largest absolute Gasteiger partial charge is 0.347 e. The Labute approximate surface area is 110 Å². The molecular formula is C16H24N2. The molecule has 0 unspecified atom stereocenters. The van der Waals surface area contributed by atoms with Crippen molar-refractivity contribution in [2.75, 3.05) is 13.6 Å². The zero-order valence-electron chi connectivity index (χ0n) is 12.2. The van der Waals surface area contributed by atoms with Gasteiger partial charge in [0.05, 0.1) is 5.52 Å². The summed E-state index contributed by atoms with van der Waals surface area (Å²) in [5.74, 6) is 0. The fraction of sp³-hybridized carbons (Fsp3) is 0.500. The highest BCUT2D eigenvalue weighted by atomic mass is 15.0. The molecule has 0 atom stereocenters. The summed E-state index contributed by atoms with van der Waals surface area (Å²) in [7, 11) is 4.22. The minimum Gasteiger partial charge on any atom is -0.347 e. The lowest BCUT2D eigenvalue weighted by atomic mass is 10.0. The van der Waals surface area contributed by atoms with Crippen LogP contribution in [0.2, 0.25) is 0 Å². The number of benzene rings is 1. The molecule has 98 valence electrons. The Morgan fingerprint density at radius 3 is 2.50 bits per heavy atom. The summed E-state index contributed by atoms with van der Waals surface area (Å²) in [6, 6.07) is 4.51. The molecule has 1 aromatic carbocycles. The van der Waals surface area contributed by atoms with Crippen LogP contribution in [-0.2, 0) is 13.5 Å². The second-order valence-corrected chi connectivity index (χ2v) is 5.24. The van der Waals surface area contributed by atoms with Gasteiger partial charge in [0, 0.05) is 18.1 Å². The molecule has 2 rings (SSSR count). The standard InChI is InChI=1S/C16H24N2/c1-11-8-9-14-13(3)15(7-6-10-17-4)18(5)16(14)12(11)2/h8-9,17H,6-7,10H2,1-5H3. The molecule has 0 amide bonds. The second-order valence-electron chi connectivity index (χ2n) is 5.24. The van der Waals surface area contributed by atoms with E-state index in [2.05, 4.69) is 49.8 Å². The van der Waals surface area contributed by atoms with Gasteiger partial charge in [-0.05, 0) is 63.9 Å². The van der Waals surface area contributed by atoms with Crippen LogP contribution in [0.5, 0.6) is 0 Å². The minimum absolute atomic E-state index is 1.08. The third-order valence-corrected chi connectivity index (χ3v) is 4.12. The molecule has 0 aliphatic rings. The molecule has 0 saturated carbocycles. The highest BCUT2D eigenvalue weighted by molar-refractivity contribution is 5.88. The summed E-state index contributed by atoms with van der Waals surface area (Å²) >= 11 is 0. The first-order chi connectivity index (χ1) is 8.57. The number of hydrogen-bond donors (Lipinski definition) is 1. The predicted octanol–water partition coefficient (Wildman–Crippen LogP) is 3.26. The van der Waals surface area contributed by atoms with Crippen LogP contribution in [0.4, 0.5) is 0 Å². The van der Waals surface area contributed by atoms with Gasteiger partial charge in [0.25, 0.3) is 0 Å². The van der Waals surface area contributed by atoms with Crippen molar-refractivity contribution in [1.29, 1.82) is 0 Å². The van der Waals surface area contributed by atoms with Gasteiger partial charge in [0.1, 0.15) is 0 Å². The van der Waals surface area contributed by atoms with Crippen molar-refractivity contribution < 1.29 is 0 Å². The van der Waals surface area contributed by atoms with Gasteiger partial charge in [-0.15, -0.1) is 0 Å². The van der Waals surface area contributed by atoms with Crippen LogP contribution in [0.15, 0.2) is 12.1 Å². The molecule has 1 N–H and O–H groups in total. The third-order valence-electron chi connectivity index (χ3n) is 4.12. The van der Waals surface area contributed by atoms with Crippen LogP contribution >= 0.6 is 0 Å².